The van der Waals surface area contributed by atoms with Gasteiger partial charge in [0.2, 0.25) is 0 Å². The van der Waals surface area contributed by atoms with Crippen LogP contribution in [0.3, 0.4) is 0 Å². The second-order valence-electron chi connectivity index (χ2n) is 16.2. The zero-order chi connectivity index (χ0) is 38.1. The van der Waals surface area contributed by atoms with E-state index in [4.69, 9.17) is 17.0 Å². The van der Waals surface area contributed by atoms with Crippen molar-refractivity contribution in [1.29, 1.82) is 0 Å². The van der Waals surface area contributed by atoms with E-state index in [2.05, 4.69) is 192 Å². The van der Waals surface area contributed by atoms with E-state index in [1.165, 1.54) is 71.6 Å². The number of fused-ring (bicyclic) bond motifs is 2. The van der Waals surface area contributed by atoms with Crippen molar-refractivity contribution in [3.05, 3.63) is 131 Å². The number of aryl methyl sites for hydroxylation is 1. The molecule has 51 heavy (non-hydrogen) atoms. The molecule has 0 aromatic heterocycles. The van der Waals surface area contributed by atoms with Gasteiger partial charge >= 0.3 is 37.9 Å². The van der Waals surface area contributed by atoms with Gasteiger partial charge in [0.1, 0.15) is 0 Å². The van der Waals surface area contributed by atoms with E-state index >= 15 is 0 Å². The Morgan fingerprint density at radius 3 is 1.51 bits per heavy atom. The Labute approximate surface area is 331 Å². The van der Waals surface area contributed by atoms with Crippen LogP contribution in [0.2, 0.25) is 13.1 Å². The van der Waals surface area contributed by atoms with Gasteiger partial charge in [0.25, 0.3) is 0 Å². The number of halogens is 2. The van der Waals surface area contributed by atoms with Crippen molar-refractivity contribution in [2.24, 2.45) is 0 Å². The molecule has 0 aliphatic rings. The molecule has 2 radical (unpaired) electrons. The van der Waals surface area contributed by atoms with E-state index < -0.39 is 20.8 Å². The van der Waals surface area contributed by atoms with E-state index in [0.29, 0.717) is 11.8 Å². The molecule has 0 aliphatic heterocycles. The second kappa shape index (κ2) is 19.2. The molecule has 6 aromatic carbocycles. The molecule has 0 fully saturated rings. The van der Waals surface area contributed by atoms with Crippen LogP contribution >= 0.6 is 17.0 Å². The summed E-state index contributed by atoms with van der Waals surface area (Å²) in [5, 5.41) is 5.52. The zero-order valence-electron chi connectivity index (χ0n) is 33.2. The van der Waals surface area contributed by atoms with Crippen molar-refractivity contribution < 1.29 is 20.8 Å². The van der Waals surface area contributed by atoms with Gasteiger partial charge in [-0.05, 0) is 39.0 Å². The average Bonchev–Trinajstić information content (AvgIpc) is 3.68. The Hall–Kier alpha value is -2.22. The summed E-state index contributed by atoms with van der Waals surface area (Å²) in [4.78, 5) is 0. The Morgan fingerprint density at radius 2 is 1.08 bits per heavy atom. The number of rotatable bonds is 4. The molecule has 6 aromatic rings. The molecule has 0 saturated heterocycles. The predicted octanol–water partition coefficient (Wildman–Crippen LogP) is 15.8. The van der Waals surface area contributed by atoms with E-state index in [9.17, 15) is 0 Å². The van der Waals surface area contributed by atoms with Crippen LogP contribution in [0.5, 0.6) is 0 Å². The molecule has 0 bridgehead atoms. The summed E-state index contributed by atoms with van der Waals surface area (Å²) in [7, 11) is 11.0. The third-order valence-corrected chi connectivity index (χ3v) is 9.25. The first kappa shape index (κ1) is 43.2. The van der Waals surface area contributed by atoms with Crippen LogP contribution in [-0.2, 0) is 31.7 Å². The third-order valence-electron chi connectivity index (χ3n) is 9.25. The van der Waals surface area contributed by atoms with Crippen molar-refractivity contribution in [3.8, 4) is 22.3 Å². The molecule has 0 aliphatic carbocycles. The van der Waals surface area contributed by atoms with E-state index in [0.717, 1.165) is 9.52 Å². The molecule has 0 heterocycles. The van der Waals surface area contributed by atoms with Crippen LogP contribution in [0, 0.1) is 6.92 Å². The van der Waals surface area contributed by atoms with E-state index in [1.54, 1.807) is 0 Å². The quantitative estimate of drug-likeness (QED) is 0.123. The summed E-state index contributed by atoms with van der Waals surface area (Å²) in [6.45, 7) is 29.1. The Kier molecular flexibility index (Phi) is 16.3. The Balaban J connectivity index is 0.000000239. The van der Waals surface area contributed by atoms with Gasteiger partial charge < -0.3 is 0 Å². The molecule has 0 nitrogen and oxygen atoms in total. The number of hydrogen-bond donors (Lipinski definition) is 0. The van der Waals surface area contributed by atoms with Gasteiger partial charge in [-0.25, -0.2) is 0 Å². The van der Waals surface area contributed by atoms with Crippen LogP contribution in [-0.4, -0.2) is 9.52 Å². The molecular formula is C47H58Cl2SiZr. The average molecular weight is 813 g/mol. The fraction of sp³-hybridized carbons (Fsp3) is 0.362. The molecular weight excluding hydrogens is 755 g/mol. The second-order valence-corrected chi connectivity index (χ2v) is 20.9. The van der Waals surface area contributed by atoms with Crippen LogP contribution in [0.15, 0.2) is 103 Å². The van der Waals surface area contributed by atoms with Crippen LogP contribution in [0.1, 0.15) is 109 Å². The molecule has 4 heteroatoms. The fourth-order valence-corrected chi connectivity index (χ4v) is 6.36. The SMILES string of the molecule is CC(C)c1cc2c(-c3ccc(C(C)(C)C)cc3)cccc2[cH-]1.C[Si]C.Cc1cc2c(-c3ccc(C(C)(C)C)cc3)ccc(C(C)C)c2[cH-]1.[Cl][Zr+2][Cl]. The molecule has 6 rings (SSSR count). The van der Waals surface area contributed by atoms with Gasteiger partial charge in [-0.15, -0.1) is 68.6 Å². The summed E-state index contributed by atoms with van der Waals surface area (Å²) in [5.74, 6) is 1.13. The van der Waals surface area contributed by atoms with Gasteiger partial charge in [0.15, 0.2) is 0 Å². The summed E-state index contributed by atoms with van der Waals surface area (Å²) < 4.78 is 0. The summed E-state index contributed by atoms with van der Waals surface area (Å²) >= 11 is -0.826. The molecule has 268 valence electrons. The summed E-state index contributed by atoms with van der Waals surface area (Å²) in [5.41, 5.74) is 12.7. The number of hydrogen-bond acceptors (Lipinski definition) is 0. The predicted molar refractivity (Wildman–Crippen MR) is 229 cm³/mol. The zero-order valence-corrected chi connectivity index (χ0v) is 38.2. The maximum atomic E-state index is 4.93. The minimum absolute atomic E-state index is 0.201. The maximum absolute atomic E-state index is 4.93. The Bertz CT molecular complexity index is 1940. The number of benzene rings is 4. The third kappa shape index (κ3) is 11.6. The monoisotopic (exact) mass is 810 g/mol. The van der Waals surface area contributed by atoms with Crippen molar-refractivity contribution in [3.63, 3.8) is 0 Å². The van der Waals surface area contributed by atoms with Gasteiger partial charge in [0.05, 0.1) is 0 Å². The first-order valence-electron chi connectivity index (χ1n) is 18.1. The van der Waals surface area contributed by atoms with E-state index in [1.807, 2.05) is 0 Å². The van der Waals surface area contributed by atoms with Crippen LogP contribution in [0.4, 0.5) is 0 Å². The van der Waals surface area contributed by atoms with Gasteiger partial charge in [-0.2, -0.15) is 12.1 Å². The molecule has 0 N–H and O–H groups in total. The van der Waals surface area contributed by atoms with Crippen molar-refractivity contribution in [2.45, 2.75) is 112 Å². The normalized spacial score (nSPS) is 11.4. The molecule has 0 spiro atoms. The first-order valence-corrected chi connectivity index (χ1v) is 26.5. The van der Waals surface area contributed by atoms with Crippen molar-refractivity contribution in [2.75, 3.05) is 0 Å². The molecule has 0 amide bonds. The topological polar surface area (TPSA) is 0 Å². The molecule has 0 atom stereocenters. The van der Waals surface area contributed by atoms with E-state index in [-0.39, 0.29) is 10.8 Å². The van der Waals surface area contributed by atoms with Crippen molar-refractivity contribution in [1.82, 2.24) is 0 Å². The van der Waals surface area contributed by atoms with Gasteiger partial charge in [0, 0.05) is 9.52 Å². The van der Waals surface area contributed by atoms with Crippen LogP contribution < -0.4 is 0 Å². The van der Waals surface area contributed by atoms with Crippen LogP contribution in [0.25, 0.3) is 43.8 Å². The standard InChI is InChI=1S/C23H27.C22H25.C2H6Si.2ClH.Zr/c1-15(2)19-11-12-20(22-14-16(3)13-21(19)22)17-7-9-18(10-8-17)23(4,5)6;1-15(2)18-13-17-7-6-8-20(21(17)14-18)16-9-11-19(12-10-16)22(3,4)5;1-3-2;;;/h7-15H,1-6H3;6-15H,1-5H3;1-2H3;2*1H;/q2*-1;;;;+4/p-2. The summed E-state index contributed by atoms with van der Waals surface area (Å²) in [6.07, 6.45) is 0. The fourth-order valence-electron chi connectivity index (χ4n) is 6.36. The van der Waals surface area contributed by atoms with Gasteiger partial charge in [-0.1, -0.05) is 167 Å². The van der Waals surface area contributed by atoms with Gasteiger partial charge in [-0.3, -0.25) is 0 Å². The minimum atomic E-state index is -0.826. The van der Waals surface area contributed by atoms with Crippen molar-refractivity contribution >= 4 is 48.1 Å². The Morgan fingerprint density at radius 1 is 0.608 bits per heavy atom. The molecule has 0 unspecified atom stereocenters. The molecule has 0 saturated carbocycles. The summed E-state index contributed by atoms with van der Waals surface area (Å²) in [6, 6.07) is 38.7. The first-order chi connectivity index (χ1) is 24.0.